The molecule has 0 radical (unpaired) electrons. The number of aromatic nitrogens is 1. The van der Waals surface area contributed by atoms with Crippen molar-refractivity contribution in [3.63, 3.8) is 0 Å². The number of nitrogens with zero attached hydrogens (tertiary/aromatic N) is 2. The van der Waals surface area contributed by atoms with Crippen molar-refractivity contribution < 1.29 is 4.79 Å². The largest absolute Gasteiger partial charge is 0.354 e. The van der Waals surface area contributed by atoms with Crippen LogP contribution in [-0.4, -0.2) is 30.0 Å². The van der Waals surface area contributed by atoms with Crippen LogP contribution in [0.5, 0.6) is 0 Å². The van der Waals surface area contributed by atoms with E-state index in [4.69, 9.17) is 0 Å². The molecule has 0 spiro atoms. The molecule has 1 amide bonds. The fraction of sp³-hybridized carbons (Fsp3) is 0.368. The van der Waals surface area contributed by atoms with E-state index in [0.29, 0.717) is 0 Å². The van der Waals surface area contributed by atoms with Crippen molar-refractivity contribution in [1.29, 1.82) is 0 Å². The molecule has 1 aromatic heterocycles. The van der Waals surface area contributed by atoms with Crippen molar-refractivity contribution in [3.8, 4) is 0 Å². The third-order valence-electron chi connectivity index (χ3n) is 4.40. The van der Waals surface area contributed by atoms with Crippen molar-refractivity contribution in [1.82, 2.24) is 10.3 Å². The molecule has 4 nitrogen and oxygen atoms in total. The Morgan fingerprint density at radius 3 is 2.61 bits per heavy atom. The van der Waals surface area contributed by atoms with Crippen LogP contribution in [0, 0.1) is 20.8 Å². The van der Waals surface area contributed by atoms with Crippen molar-refractivity contribution in [2.24, 2.45) is 0 Å². The van der Waals surface area contributed by atoms with Crippen LogP contribution in [0.3, 0.4) is 0 Å². The molecule has 1 unspecified atom stereocenters. The first kappa shape index (κ1) is 15.5. The second kappa shape index (κ2) is 6.41. The van der Waals surface area contributed by atoms with Gasteiger partial charge in [-0.1, -0.05) is 23.8 Å². The summed E-state index contributed by atoms with van der Waals surface area (Å²) in [5.41, 5.74) is 4.09. The summed E-state index contributed by atoms with van der Waals surface area (Å²) in [5.74, 6) is 1.01. The Bertz CT molecular complexity index is 689. The van der Waals surface area contributed by atoms with E-state index in [1.54, 1.807) is 6.20 Å². The molecule has 1 N–H and O–H groups in total. The van der Waals surface area contributed by atoms with Gasteiger partial charge in [-0.25, -0.2) is 4.98 Å². The number of pyridine rings is 1. The van der Waals surface area contributed by atoms with E-state index >= 15 is 0 Å². The molecule has 0 aliphatic carbocycles. The second-order valence-electron chi connectivity index (χ2n) is 6.37. The van der Waals surface area contributed by atoms with E-state index in [0.717, 1.165) is 42.0 Å². The number of benzene rings is 1. The third kappa shape index (κ3) is 3.36. The molecule has 1 aliphatic rings. The molecule has 1 fully saturated rings. The Labute approximate surface area is 137 Å². The van der Waals surface area contributed by atoms with E-state index in [9.17, 15) is 4.79 Å². The van der Waals surface area contributed by atoms with E-state index in [1.807, 2.05) is 32.0 Å². The van der Waals surface area contributed by atoms with Gasteiger partial charge in [0.05, 0.1) is 0 Å². The molecule has 1 aromatic carbocycles. The molecule has 2 heterocycles. The SMILES string of the molecule is Cc1cc(C)c(C(=O)NC2CCN(c3ccccn3)C2)c(C)c1. The standard InChI is InChI=1S/C19H23N3O/c1-13-10-14(2)18(15(3)11-13)19(23)21-16-7-9-22(12-16)17-6-4-5-8-20-17/h4-6,8,10-11,16H,7,9,12H2,1-3H3,(H,21,23). The predicted octanol–water partition coefficient (Wildman–Crippen LogP) is 3.02. The summed E-state index contributed by atoms with van der Waals surface area (Å²) in [6, 6.07) is 10.2. The molecule has 3 rings (SSSR count). The minimum absolute atomic E-state index is 0.0351. The minimum Gasteiger partial charge on any atom is -0.354 e. The first-order valence-corrected chi connectivity index (χ1v) is 8.09. The van der Waals surface area contributed by atoms with Gasteiger partial charge in [-0.15, -0.1) is 0 Å². The van der Waals surface area contributed by atoms with Crippen LogP contribution in [0.1, 0.15) is 33.5 Å². The van der Waals surface area contributed by atoms with Crippen LogP contribution >= 0.6 is 0 Å². The molecule has 4 heteroatoms. The molecule has 1 aliphatic heterocycles. The van der Waals surface area contributed by atoms with E-state index < -0.39 is 0 Å². The summed E-state index contributed by atoms with van der Waals surface area (Å²) in [5, 5.41) is 3.19. The zero-order valence-corrected chi connectivity index (χ0v) is 14.0. The van der Waals surface area contributed by atoms with Crippen molar-refractivity contribution in [2.75, 3.05) is 18.0 Å². The highest BCUT2D eigenvalue weighted by Crippen LogP contribution is 2.20. The molecule has 0 saturated carbocycles. The number of rotatable bonds is 3. The van der Waals surface area contributed by atoms with Crippen LogP contribution in [-0.2, 0) is 0 Å². The van der Waals surface area contributed by atoms with Gasteiger partial charge in [0.2, 0.25) is 0 Å². The lowest BCUT2D eigenvalue weighted by Crippen LogP contribution is -2.37. The molecule has 120 valence electrons. The maximum Gasteiger partial charge on any atom is 0.252 e. The summed E-state index contributed by atoms with van der Waals surface area (Å²) in [6.45, 7) is 7.80. The monoisotopic (exact) mass is 309 g/mol. The molecule has 0 bridgehead atoms. The predicted molar refractivity (Wildman–Crippen MR) is 93.0 cm³/mol. The number of amides is 1. The van der Waals surface area contributed by atoms with Crippen LogP contribution in [0.15, 0.2) is 36.5 Å². The normalized spacial score (nSPS) is 17.3. The van der Waals surface area contributed by atoms with Gasteiger partial charge in [0.15, 0.2) is 0 Å². The van der Waals surface area contributed by atoms with Gasteiger partial charge in [-0.3, -0.25) is 4.79 Å². The van der Waals surface area contributed by atoms with Crippen molar-refractivity contribution in [3.05, 3.63) is 58.8 Å². The van der Waals surface area contributed by atoms with Crippen LogP contribution in [0.2, 0.25) is 0 Å². The van der Waals surface area contributed by atoms with E-state index in [1.165, 1.54) is 5.56 Å². The highest BCUT2D eigenvalue weighted by atomic mass is 16.1. The molecular weight excluding hydrogens is 286 g/mol. The van der Waals surface area contributed by atoms with Gasteiger partial charge >= 0.3 is 0 Å². The Morgan fingerprint density at radius 1 is 1.22 bits per heavy atom. The van der Waals surface area contributed by atoms with E-state index in [2.05, 4.69) is 34.3 Å². The maximum atomic E-state index is 12.7. The number of carbonyl (C=O) groups is 1. The quantitative estimate of drug-likeness (QED) is 0.948. The Morgan fingerprint density at radius 2 is 1.96 bits per heavy atom. The molecule has 2 aromatic rings. The number of carbonyl (C=O) groups excluding carboxylic acids is 1. The highest BCUT2D eigenvalue weighted by molar-refractivity contribution is 5.97. The van der Waals surface area contributed by atoms with E-state index in [-0.39, 0.29) is 11.9 Å². The second-order valence-corrected chi connectivity index (χ2v) is 6.37. The summed E-state index contributed by atoms with van der Waals surface area (Å²) in [7, 11) is 0. The van der Waals surface area contributed by atoms with Gasteiger partial charge in [-0.2, -0.15) is 0 Å². The lowest BCUT2D eigenvalue weighted by Gasteiger charge is -2.18. The van der Waals surface area contributed by atoms with Gasteiger partial charge in [0.25, 0.3) is 5.91 Å². The Hall–Kier alpha value is -2.36. The maximum absolute atomic E-state index is 12.7. The highest BCUT2D eigenvalue weighted by Gasteiger charge is 2.25. The molecular formula is C19H23N3O. The zero-order valence-electron chi connectivity index (χ0n) is 14.0. The first-order chi connectivity index (χ1) is 11.0. The smallest absolute Gasteiger partial charge is 0.252 e. The van der Waals surface area contributed by atoms with Gasteiger partial charge < -0.3 is 10.2 Å². The lowest BCUT2D eigenvalue weighted by atomic mass is 9.99. The van der Waals surface area contributed by atoms with Gasteiger partial charge in [0.1, 0.15) is 5.82 Å². The fourth-order valence-corrected chi connectivity index (χ4v) is 3.42. The summed E-state index contributed by atoms with van der Waals surface area (Å²) < 4.78 is 0. The van der Waals surface area contributed by atoms with Gasteiger partial charge in [0, 0.05) is 30.9 Å². The number of nitrogens with one attached hydrogen (secondary N) is 1. The topological polar surface area (TPSA) is 45.2 Å². The van der Waals surface area contributed by atoms with Crippen LogP contribution in [0.4, 0.5) is 5.82 Å². The number of aryl methyl sites for hydroxylation is 3. The number of anilines is 1. The van der Waals surface area contributed by atoms with Crippen molar-refractivity contribution in [2.45, 2.75) is 33.2 Å². The summed E-state index contributed by atoms with van der Waals surface area (Å²) in [4.78, 5) is 19.3. The fourth-order valence-electron chi connectivity index (χ4n) is 3.42. The van der Waals surface area contributed by atoms with Crippen molar-refractivity contribution >= 4 is 11.7 Å². The van der Waals surface area contributed by atoms with Crippen LogP contribution in [0.25, 0.3) is 0 Å². The third-order valence-corrected chi connectivity index (χ3v) is 4.40. The van der Waals surface area contributed by atoms with Gasteiger partial charge in [-0.05, 0) is 50.5 Å². The summed E-state index contributed by atoms with van der Waals surface area (Å²) in [6.07, 6.45) is 2.76. The molecule has 1 atom stereocenters. The molecule has 23 heavy (non-hydrogen) atoms. The number of hydrogen-bond donors (Lipinski definition) is 1. The zero-order chi connectivity index (χ0) is 16.4. The number of hydrogen-bond acceptors (Lipinski definition) is 3. The lowest BCUT2D eigenvalue weighted by molar-refractivity contribution is 0.0939. The average Bonchev–Trinajstić information content (AvgIpc) is 2.95. The van der Waals surface area contributed by atoms with Crippen LogP contribution < -0.4 is 10.2 Å². The summed E-state index contributed by atoms with van der Waals surface area (Å²) >= 11 is 0. The molecule has 1 saturated heterocycles. The average molecular weight is 309 g/mol. The Kier molecular flexibility index (Phi) is 4.33. The first-order valence-electron chi connectivity index (χ1n) is 8.09. The minimum atomic E-state index is 0.0351. The Balaban J connectivity index is 1.68.